The van der Waals surface area contributed by atoms with Crippen molar-refractivity contribution in [1.29, 1.82) is 0 Å². The number of benzene rings is 1. The summed E-state index contributed by atoms with van der Waals surface area (Å²) in [6.45, 7) is 2.27. The number of nitrogens with one attached hydrogen (secondary N) is 1. The van der Waals surface area contributed by atoms with Crippen LogP contribution in [0.25, 0.3) is 0 Å². The second-order valence-electron chi connectivity index (χ2n) is 5.15. The van der Waals surface area contributed by atoms with Crippen LogP contribution in [0.1, 0.15) is 5.56 Å². The molecule has 2 N–H and O–H groups in total. The van der Waals surface area contributed by atoms with Crippen LogP contribution >= 0.6 is 0 Å². The molecule has 0 aromatic heterocycles. The van der Waals surface area contributed by atoms with Gasteiger partial charge in [0.05, 0.1) is 23.6 Å². The lowest BCUT2D eigenvalue weighted by Gasteiger charge is -2.17. The van der Waals surface area contributed by atoms with Gasteiger partial charge in [0, 0.05) is 6.54 Å². The summed E-state index contributed by atoms with van der Waals surface area (Å²) in [4.78, 5) is 0.169. The minimum absolute atomic E-state index is 0.169. The molecule has 7 heteroatoms. The number of hydrogen-bond donors (Lipinski definition) is 2. The highest BCUT2D eigenvalue weighted by molar-refractivity contribution is 7.86. The number of aliphatic hydroxyl groups excluding tert-OH is 1. The van der Waals surface area contributed by atoms with E-state index >= 15 is 0 Å². The highest BCUT2D eigenvalue weighted by Gasteiger charge is 2.48. The van der Waals surface area contributed by atoms with E-state index in [9.17, 15) is 13.5 Å². The Morgan fingerprint density at radius 1 is 1.40 bits per heavy atom. The van der Waals surface area contributed by atoms with Gasteiger partial charge in [-0.2, -0.15) is 8.42 Å². The van der Waals surface area contributed by atoms with E-state index in [0.717, 1.165) is 0 Å². The van der Waals surface area contributed by atoms with Crippen LogP contribution in [0.4, 0.5) is 0 Å². The normalized spacial score (nSPS) is 33.3. The molecule has 4 atom stereocenters. The largest absolute Gasteiger partial charge is 0.389 e. The third kappa shape index (κ3) is 2.36. The maximum Gasteiger partial charge on any atom is 0.297 e. The molecular formula is C13H17NO5S. The number of fused-ring (bicyclic) bond motifs is 1. The highest BCUT2D eigenvalue weighted by atomic mass is 32.2. The van der Waals surface area contributed by atoms with Crippen molar-refractivity contribution in [2.75, 3.05) is 13.2 Å². The number of ether oxygens (including phenoxy) is 1. The predicted molar refractivity (Wildman–Crippen MR) is 70.8 cm³/mol. The van der Waals surface area contributed by atoms with Gasteiger partial charge in [-0.05, 0) is 18.6 Å². The van der Waals surface area contributed by atoms with Gasteiger partial charge in [0.25, 0.3) is 10.1 Å². The van der Waals surface area contributed by atoms with Crippen LogP contribution < -0.4 is 5.32 Å². The minimum atomic E-state index is -3.83. The summed E-state index contributed by atoms with van der Waals surface area (Å²) in [6.07, 6.45) is -1.65. The van der Waals surface area contributed by atoms with Gasteiger partial charge in [-0.3, -0.25) is 4.18 Å². The molecule has 0 aliphatic carbocycles. The minimum Gasteiger partial charge on any atom is -0.389 e. The van der Waals surface area contributed by atoms with E-state index in [0.29, 0.717) is 12.1 Å². The quantitative estimate of drug-likeness (QED) is 0.752. The molecule has 1 aromatic rings. The zero-order valence-corrected chi connectivity index (χ0v) is 11.8. The standard InChI is InChI=1S/C13H17NO5S/c1-8-4-2-3-5-11(8)20(16,17)19-10-6-14-12-9(15)7-18-13(10)12/h2-5,9-10,12-15H,6-7H2,1H3/t9-,10-,12+,13+/m0/s1. The Bertz CT molecular complexity index is 603. The Kier molecular flexibility index (Phi) is 3.55. The van der Waals surface area contributed by atoms with Crippen molar-refractivity contribution < 1.29 is 22.4 Å². The maximum atomic E-state index is 12.3. The van der Waals surface area contributed by atoms with E-state index in [-0.39, 0.29) is 17.5 Å². The Balaban J connectivity index is 1.80. The molecule has 6 nitrogen and oxygen atoms in total. The fourth-order valence-corrected chi connectivity index (χ4v) is 4.05. The molecule has 2 aliphatic rings. The monoisotopic (exact) mass is 299 g/mol. The predicted octanol–water partition coefficient (Wildman–Crippen LogP) is -0.200. The van der Waals surface area contributed by atoms with Gasteiger partial charge in [0.1, 0.15) is 12.2 Å². The first kappa shape index (κ1) is 14.0. The molecule has 110 valence electrons. The molecule has 0 unspecified atom stereocenters. The molecule has 0 amide bonds. The van der Waals surface area contributed by atoms with Crippen LogP contribution in [0.3, 0.4) is 0 Å². The Hall–Kier alpha value is -0.990. The Labute approximate surface area is 117 Å². The summed E-state index contributed by atoms with van der Waals surface area (Å²) in [5.74, 6) is 0. The summed E-state index contributed by atoms with van der Waals surface area (Å²) < 4.78 is 35.3. The smallest absolute Gasteiger partial charge is 0.297 e. The summed E-state index contributed by atoms with van der Waals surface area (Å²) in [6, 6.07) is 6.43. The molecule has 0 saturated carbocycles. The van der Waals surface area contributed by atoms with Gasteiger partial charge in [-0.1, -0.05) is 18.2 Å². The number of rotatable bonds is 3. The number of hydrogen-bond acceptors (Lipinski definition) is 6. The van der Waals surface area contributed by atoms with Gasteiger partial charge in [-0.25, -0.2) is 0 Å². The van der Waals surface area contributed by atoms with Crippen molar-refractivity contribution in [2.45, 2.75) is 36.2 Å². The fraction of sp³-hybridized carbons (Fsp3) is 0.538. The van der Waals surface area contributed by atoms with Crippen LogP contribution in [0.15, 0.2) is 29.2 Å². The van der Waals surface area contributed by atoms with Gasteiger partial charge in [0.2, 0.25) is 0 Å². The number of aryl methyl sites for hydroxylation is 1. The first-order valence-corrected chi connectivity index (χ1v) is 7.92. The third-order valence-electron chi connectivity index (χ3n) is 3.76. The zero-order chi connectivity index (χ0) is 14.3. The lowest BCUT2D eigenvalue weighted by molar-refractivity contribution is 0.0278. The molecule has 0 radical (unpaired) electrons. The third-order valence-corrected chi connectivity index (χ3v) is 5.26. The first-order chi connectivity index (χ1) is 9.49. The van der Waals surface area contributed by atoms with Gasteiger partial charge in [-0.15, -0.1) is 0 Å². The van der Waals surface area contributed by atoms with Crippen LogP contribution in [0, 0.1) is 6.92 Å². The molecule has 20 heavy (non-hydrogen) atoms. The van der Waals surface area contributed by atoms with Crippen molar-refractivity contribution in [1.82, 2.24) is 5.32 Å². The van der Waals surface area contributed by atoms with Crippen LogP contribution in [0.2, 0.25) is 0 Å². The highest BCUT2D eigenvalue weighted by Crippen LogP contribution is 2.27. The summed E-state index contributed by atoms with van der Waals surface area (Å²) in [7, 11) is -3.83. The van der Waals surface area contributed by atoms with Crippen LogP contribution in [-0.4, -0.2) is 51.0 Å². The first-order valence-electron chi connectivity index (χ1n) is 6.51. The SMILES string of the molecule is Cc1ccccc1S(=O)(=O)O[C@H]1CN[C@H]2[C@@H]1OC[C@@H]2O. The topological polar surface area (TPSA) is 84.9 Å². The second-order valence-corrected chi connectivity index (χ2v) is 6.69. The van der Waals surface area contributed by atoms with Gasteiger partial charge < -0.3 is 15.2 Å². The summed E-state index contributed by atoms with van der Waals surface area (Å²) in [5.41, 5.74) is 0.641. The van der Waals surface area contributed by atoms with E-state index in [1.165, 1.54) is 6.07 Å². The van der Waals surface area contributed by atoms with Gasteiger partial charge >= 0.3 is 0 Å². The maximum absolute atomic E-state index is 12.3. The Morgan fingerprint density at radius 2 is 2.15 bits per heavy atom. The second kappa shape index (κ2) is 5.09. The zero-order valence-electron chi connectivity index (χ0n) is 11.0. The molecule has 2 fully saturated rings. The van der Waals surface area contributed by atoms with E-state index in [1.807, 2.05) is 0 Å². The molecular weight excluding hydrogens is 282 g/mol. The molecule has 2 saturated heterocycles. The summed E-state index contributed by atoms with van der Waals surface area (Å²) in [5, 5.41) is 12.7. The van der Waals surface area contributed by atoms with Gasteiger partial charge in [0.15, 0.2) is 0 Å². The van der Waals surface area contributed by atoms with Crippen molar-refractivity contribution in [3.8, 4) is 0 Å². The Morgan fingerprint density at radius 3 is 2.90 bits per heavy atom. The number of aliphatic hydroxyl groups is 1. The molecule has 2 aliphatic heterocycles. The van der Waals surface area contributed by atoms with E-state index in [4.69, 9.17) is 8.92 Å². The average molecular weight is 299 g/mol. The molecule has 0 bridgehead atoms. The molecule has 3 rings (SSSR count). The van der Waals surface area contributed by atoms with Crippen molar-refractivity contribution >= 4 is 10.1 Å². The van der Waals surface area contributed by atoms with Crippen LogP contribution in [-0.2, 0) is 19.0 Å². The molecule has 0 spiro atoms. The van der Waals surface area contributed by atoms with E-state index < -0.39 is 28.4 Å². The molecule has 1 aromatic carbocycles. The molecule has 2 heterocycles. The average Bonchev–Trinajstić information content (AvgIpc) is 2.94. The van der Waals surface area contributed by atoms with Crippen LogP contribution in [0.5, 0.6) is 0 Å². The van der Waals surface area contributed by atoms with Crippen molar-refractivity contribution in [3.63, 3.8) is 0 Å². The lowest BCUT2D eigenvalue weighted by Crippen LogP contribution is -2.37. The fourth-order valence-electron chi connectivity index (χ4n) is 2.74. The van der Waals surface area contributed by atoms with E-state index in [1.54, 1.807) is 25.1 Å². The van der Waals surface area contributed by atoms with Crippen molar-refractivity contribution in [2.24, 2.45) is 0 Å². The van der Waals surface area contributed by atoms with E-state index in [2.05, 4.69) is 5.32 Å². The van der Waals surface area contributed by atoms with Crippen molar-refractivity contribution in [3.05, 3.63) is 29.8 Å². The lowest BCUT2D eigenvalue weighted by atomic mass is 10.1. The summed E-state index contributed by atoms with van der Waals surface area (Å²) >= 11 is 0.